The van der Waals surface area contributed by atoms with Crippen LogP contribution in [0.3, 0.4) is 0 Å². The van der Waals surface area contributed by atoms with Crippen LogP contribution in [0.1, 0.15) is 56.9 Å². The molecule has 1 aromatic heterocycles. The number of aromatic nitrogens is 1. The van der Waals surface area contributed by atoms with Gasteiger partial charge < -0.3 is 10.5 Å². The molecule has 2 N–H and O–H groups in total. The van der Waals surface area contributed by atoms with Gasteiger partial charge in [-0.3, -0.25) is 15.0 Å². The molecule has 1 fully saturated rings. The second kappa shape index (κ2) is 10.2. The molecule has 0 radical (unpaired) electrons. The number of hydrogen-bond acceptors (Lipinski definition) is 5. The van der Waals surface area contributed by atoms with E-state index < -0.39 is 0 Å². The second-order valence-corrected chi connectivity index (χ2v) is 10.6. The molecule has 5 heteroatoms. The second-order valence-electron chi connectivity index (χ2n) is 10.6. The van der Waals surface area contributed by atoms with E-state index in [0.717, 1.165) is 44.8 Å². The molecule has 2 aromatic carbocycles. The van der Waals surface area contributed by atoms with Crippen LogP contribution in [0.2, 0.25) is 0 Å². The smallest absolute Gasteiger partial charge is 0.127 e. The van der Waals surface area contributed by atoms with Crippen molar-refractivity contribution in [3.05, 3.63) is 83.8 Å². The fourth-order valence-corrected chi connectivity index (χ4v) is 4.58. The van der Waals surface area contributed by atoms with E-state index in [1.807, 2.05) is 18.5 Å². The van der Waals surface area contributed by atoms with E-state index in [-0.39, 0.29) is 5.41 Å². The molecule has 1 aliphatic carbocycles. The van der Waals surface area contributed by atoms with Crippen molar-refractivity contribution in [2.75, 3.05) is 6.54 Å². The quantitative estimate of drug-likeness (QED) is 0.361. The number of rotatable bonds is 8. The van der Waals surface area contributed by atoms with Crippen molar-refractivity contribution in [3.63, 3.8) is 0 Å². The van der Waals surface area contributed by atoms with Crippen LogP contribution in [0.4, 0.5) is 0 Å². The fraction of sp³-hybridized carbons (Fsp3) is 0.323. The van der Waals surface area contributed by atoms with E-state index in [1.165, 1.54) is 24.8 Å². The maximum atomic E-state index is 6.35. The average molecular weight is 479 g/mol. The molecule has 0 saturated heterocycles. The Bertz CT molecular complexity index is 1390. The first kappa shape index (κ1) is 24.1. The molecule has 2 heterocycles. The van der Waals surface area contributed by atoms with E-state index in [1.54, 1.807) is 6.21 Å². The van der Waals surface area contributed by atoms with Crippen LogP contribution < -0.4 is 10.5 Å². The van der Waals surface area contributed by atoms with E-state index in [9.17, 15) is 0 Å². The lowest BCUT2D eigenvalue weighted by atomic mass is 9.78. The highest BCUT2D eigenvalue weighted by atomic mass is 16.5. The highest BCUT2D eigenvalue weighted by Gasteiger charge is 2.25. The molecular formula is C31H34N4O. The van der Waals surface area contributed by atoms with Crippen molar-refractivity contribution in [3.8, 4) is 5.75 Å². The Hall–Kier alpha value is -3.57. The lowest BCUT2D eigenvalue weighted by Crippen LogP contribution is -2.22. The molecule has 184 valence electrons. The van der Waals surface area contributed by atoms with Crippen LogP contribution in [0.15, 0.2) is 77.0 Å². The summed E-state index contributed by atoms with van der Waals surface area (Å²) in [5.74, 6) is 1.39. The molecule has 2 aliphatic rings. The van der Waals surface area contributed by atoms with Gasteiger partial charge >= 0.3 is 0 Å². The monoisotopic (exact) mass is 478 g/mol. The molecule has 0 bridgehead atoms. The minimum Gasteiger partial charge on any atom is -0.488 e. The zero-order chi connectivity index (χ0) is 25.1. The summed E-state index contributed by atoms with van der Waals surface area (Å²) in [5.41, 5.74) is 12.2. The summed E-state index contributed by atoms with van der Waals surface area (Å²) in [7, 11) is 0. The van der Waals surface area contributed by atoms with Crippen LogP contribution in [-0.2, 0) is 6.61 Å². The third kappa shape index (κ3) is 5.02. The fourth-order valence-electron chi connectivity index (χ4n) is 4.58. The van der Waals surface area contributed by atoms with Gasteiger partial charge in [-0.05, 0) is 65.6 Å². The summed E-state index contributed by atoms with van der Waals surface area (Å²) in [6, 6.07) is 16.7. The molecule has 0 atom stereocenters. The molecule has 36 heavy (non-hydrogen) atoms. The third-order valence-electron chi connectivity index (χ3n) is 6.93. The molecule has 3 aromatic rings. The van der Waals surface area contributed by atoms with Crippen molar-refractivity contribution in [2.24, 2.45) is 27.1 Å². The summed E-state index contributed by atoms with van der Waals surface area (Å²) in [4.78, 5) is 13.9. The van der Waals surface area contributed by atoms with Crippen molar-refractivity contribution < 1.29 is 4.74 Å². The number of nitrogens with zero attached hydrogens (tertiary/aromatic N) is 3. The Kier molecular flexibility index (Phi) is 6.84. The molecular weight excluding hydrogens is 444 g/mol. The van der Waals surface area contributed by atoms with Gasteiger partial charge in [-0.2, -0.15) is 0 Å². The summed E-state index contributed by atoms with van der Waals surface area (Å²) in [5, 5.41) is 2.25. The van der Waals surface area contributed by atoms with Gasteiger partial charge in [0.25, 0.3) is 0 Å². The summed E-state index contributed by atoms with van der Waals surface area (Å²) < 4.78 is 6.35. The van der Waals surface area contributed by atoms with E-state index >= 15 is 0 Å². The molecule has 0 unspecified atom stereocenters. The van der Waals surface area contributed by atoms with Crippen LogP contribution >= 0.6 is 0 Å². The molecule has 1 saturated carbocycles. The van der Waals surface area contributed by atoms with Gasteiger partial charge in [-0.15, -0.1) is 0 Å². The standard InChI is InChI=1S/C31H34N4O/c1-31(2,3)30-18-28(35-30)24-11-12-29(25-10-5-4-9-23(24)25)36-20-21-13-15-34-27(17-21)26(19-33-16-14-32)22-7-6-8-22/h4-5,9-13,15-19,22H,6-8,14,20,32H2,1-3H3. The minimum absolute atomic E-state index is 0.0657. The lowest BCUT2D eigenvalue weighted by molar-refractivity contribution is 0.310. The molecule has 0 amide bonds. The highest BCUT2D eigenvalue weighted by Crippen LogP contribution is 2.39. The number of allylic oxidation sites excluding steroid dienone is 2. The maximum absolute atomic E-state index is 6.35. The number of fused-ring (bicyclic) bond motifs is 1. The molecule has 5 rings (SSSR count). The van der Waals surface area contributed by atoms with Crippen LogP contribution in [0.25, 0.3) is 22.0 Å². The van der Waals surface area contributed by atoms with Gasteiger partial charge in [0.1, 0.15) is 12.4 Å². The third-order valence-corrected chi connectivity index (χ3v) is 6.93. The first-order chi connectivity index (χ1) is 17.4. The van der Waals surface area contributed by atoms with Gasteiger partial charge in [-0.1, -0.05) is 51.5 Å². The summed E-state index contributed by atoms with van der Waals surface area (Å²) >= 11 is 0. The van der Waals surface area contributed by atoms with Crippen molar-refractivity contribution >= 4 is 34.0 Å². The van der Waals surface area contributed by atoms with Gasteiger partial charge in [0.2, 0.25) is 0 Å². The minimum atomic E-state index is 0.0657. The van der Waals surface area contributed by atoms with Crippen LogP contribution in [-0.4, -0.2) is 23.5 Å². The highest BCUT2D eigenvalue weighted by molar-refractivity contribution is 6.15. The van der Waals surface area contributed by atoms with Gasteiger partial charge in [0, 0.05) is 47.2 Å². The van der Waals surface area contributed by atoms with Crippen LogP contribution in [0.5, 0.6) is 5.75 Å². The first-order valence-electron chi connectivity index (χ1n) is 12.8. The van der Waals surface area contributed by atoms with Crippen LogP contribution in [0, 0.1) is 11.3 Å². The van der Waals surface area contributed by atoms with Gasteiger partial charge in [-0.25, -0.2) is 0 Å². The molecule has 1 aliphatic heterocycles. The predicted molar refractivity (Wildman–Crippen MR) is 150 cm³/mol. The van der Waals surface area contributed by atoms with Crippen molar-refractivity contribution in [1.29, 1.82) is 0 Å². The normalized spacial score (nSPS) is 16.5. The Morgan fingerprint density at radius 2 is 1.89 bits per heavy atom. The van der Waals surface area contributed by atoms with Gasteiger partial charge in [0.05, 0.1) is 11.4 Å². The number of benzene rings is 2. The number of ether oxygens (including phenoxy) is 1. The zero-order valence-corrected chi connectivity index (χ0v) is 21.4. The summed E-state index contributed by atoms with van der Waals surface area (Å²) in [6.07, 6.45) is 11.3. The SMILES string of the molecule is CC(C)(C)C1=NC(c2ccc(OCc3ccnc(C(=CN=CCN)C4CCC4)c3)c3ccccc23)=C1. The van der Waals surface area contributed by atoms with Gasteiger partial charge in [0.15, 0.2) is 0 Å². The van der Waals surface area contributed by atoms with E-state index in [4.69, 9.17) is 15.5 Å². The number of nitrogens with two attached hydrogens (primary N) is 1. The van der Waals surface area contributed by atoms with Crippen molar-refractivity contribution in [1.82, 2.24) is 4.98 Å². The Morgan fingerprint density at radius 1 is 1.11 bits per heavy atom. The topological polar surface area (TPSA) is 72.9 Å². The lowest BCUT2D eigenvalue weighted by Gasteiger charge is -2.27. The van der Waals surface area contributed by atoms with E-state index in [0.29, 0.717) is 19.1 Å². The maximum Gasteiger partial charge on any atom is 0.127 e. The first-order valence-corrected chi connectivity index (χ1v) is 12.8. The number of hydrogen-bond donors (Lipinski definition) is 1. The zero-order valence-electron chi connectivity index (χ0n) is 21.4. The average Bonchev–Trinajstić information content (AvgIpc) is 2.80. The molecule has 0 spiro atoms. The Balaban J connectivity index is 1.37. The molecule has 5 nitrogen and oxygen atoms in total. The van der Waals surface area contributed by atoms with E-state index in [2.05, 4.69) is 79.3 Å². The predicted octanol–water partition coefficient (Wildman–Crippen LogP) is 6.83. The number of pyridine rings is 1. The number of aliphatic imine (C=N–C) groups is 2. The Labute approximate surface area is 213 Å². The van der Waals surface area contributed by atoms with Crippen molar-refractivity contribution in [2.45, 2.75) is 46.6 Å². The largest absolute Gasteiger partial charge is 0.488 e. The summed E-state index contributed by atoms with van der Waals surface area (Å²) in [6.45, 7) is 7.48. The Morgan fingerprint density at radius 3 is 2.58 bits per heavy atom.